The molecular formula is C10H5ClIN3OS. The first-order chi connectivity index (χ1) is 8.11. The lowest BCUT2D eigenvalue weighted by atomic mass is 10.3. The van der Waals surface area contributed by atoms with Crippen molar-refractivity contribution in [1.82, 2.24) is 4.37 Å². The average Bonchev–Trinajstić information content (AvgIpc) is 2.64. The molecule has 0 bridgehead atoms. The number of aromatic amines is 1. The van der Waals surface area contributed by atoms with E-state index in [0.717, 1.165) is 20.8 Å². The molecule has 2 N–H and O–H groups in total. The van der Waals surface area contributed by atoms with Gasteiger partial charge in [-0.2, -0.15) is 5.26 Å². The van der Waals surface area contributed by atoms with Crippen molar-refractivity contribution < 1.29 is 0 Å². The van der Waals surface area contributed by atoms with Crippen LogP contribution in [0.2, 0.25) is 5.02 Å². The smallest absolute Gasteiger partial charge is 0.278 e. The summed E-state index contributed by atoms with van der Waals surface area (Å²) in [5, 5.41) is 12.9. The quantitative estimate of drug-likeness (QED) is 0.789. The van der Waals surface area contributed by atoms with Gasteiger partial charge in [0.1, 0.15) is 11.1 Å². The molecule has 0 spiro atoms. The largest absolute Gasteiger partial charge is 0.345 e. The van der Waals surface area contributed by atoms with Crippen molar-refractivity contribution >= 4 is 56.4 Å². The second-order valence-corrected chi connectivity index (χ2v) is 5.49. The Kier molecular flexibility index (Phi) is 3.71. The van der Waals surface area contributed by atoms with Crippen LogP contribution in [0.5, 0.6) is 0 Å². The summed E-state index contributed by atoms with van der Waals surface area (Å²) in [6.45, 7) is 0. The summed E-state index contributed by atoms with van der Waals surface area (Å²) < 4.78 is 3.44. The van der Waals surface area contributed by atoms with Crippen LogP contribution in [0.1, 0.15) is 5.56 Å². The van der Waals surface area contributed by atoms with Crippen LogP contribution in [-0.4, -0.2) is 4.37 Å². The van der Waals surface area contributed by atoms with Crippen LogP contribution in [0, 0.1) is 14.9 Å². The Labute approximate surface area is 120 Å². The van der Waals surface area contributed by atoms with E-state index in [-0.39, 0.29) is 11.1 Å². The van der Waals surface area contributed by atoms with E-state index in [9.17, 15) is 4.79 Å². The minimum atomic E-state index is -0.378. The highest BCUT2D eigenvalue weighted by Gasteiger charge is 2.10. The fraction of sp³-hybridized carbons (Fsp3) is 0. The summed E-state index contributed by atoms with van der Waals surface area (Å²) in [5.74, 6) is 0. The van der Waals surface area contributed by atoms with Gasteiger partial charge in [0.25, 0.3) is 5.56 Å². The number of aromatic nitrogens is 1. The molecule has 86 valence electrons. The zero-order valence-electron chi connectivity index (χ0n) is 8.25. The number of hydrogen-bond donors (Lipinski definition) is 2. The molecule has 2 aromatic rings. The van der Waals surface area contributed by atoms with Gasteiger partial charge in [-0.25, -0.2) is 0 Å². The van der Waals surface area contributed by atoms with E-state index in [2.05, 4.69) is 32.3 Å². The number of benzene rings is 1. The number of nitriles is 1. The molecule has 7 heteroatoms. The highest BCUT2D eigenvalue weighted by atomic mass is 127. The summed E-state index contributed by atoms with van der Waals surface area (Å²) >= 11 is 9.19. The van der Waals surface area contributed by atoms with E-state index in [1.54, 1.807) is 6.07 Å². The van der Waals surface area contributed by atoms with Gasteiger partial charge in [0.2, 0.25) is 0 Å². The standard InChI is InChI=1S/C10H5ClIN3OS/c11-7-3-5(1-2-8(7)12)14-10-6(4-13)9(16)15-17-10/h1-3,14H,(H,15,16). The number of rotatable bonds is 2. The molecule has 0 unspecified atom stereocenters. The normalized spacial score (nSPS) is 9.94. The van der Waals surface area contributed by atoms with E-state index in [1.807, 2.05) is 18.2 Å². The lowest BCUT2D eigenvalue weighted by Gasteiger charge is -2.04. The predicted molar refractivity (Wildman–Crippen MR) is 77.1 cm³/mol. The van der Waals surface area contributed by atoms with Crippen molar-refractivity contribution in [1.29, 1.82) is 5.26 Å². The lowest BCUT2D eigenvalue weighted by molar-refractivity contribution is 1.38. The van der Waals surface area contributed by atoms with Crippen LogP contribution < -0.4 is 10.9 Å². The minimum Gasteiger partial charge on any atom is -0.345 e. The highest BCUT2D eigenvalue weighted by molar-refractivity contribution is 14.1. The van der Waals surface area contributed by atoms with E-state index in [1.165, 1.54) is 0 Å². The third kappa shape index (κ3) is 2.62. The van der Waals surface area contributed by atoms with Gasteiger partial charge in [-0.3, -0.25) is 9.17 Å². The van der Waals surface area contributed by atoms with Crippen molar-refractivity contribution in [3.8, 4) is 6.07 Å². The second kappa shape index (κ2) is 5.08. The van der Waals surface area contributed by atoms with Crippen LogP contribution in [0.25, 0.3) is 0 Å². The monoisotopic (exact) mass is 377 g/mol. The number of anilines is 2. The molecule has 0 amide bonds. The minimum absolute atomic E-state index is 0.0877. The Morgan fingerprint density at radius 2 is 2.29 bits per heavy atom. The lowest BCUT2D eigenvalue weighted by Crippen LogP contribution is -2.02. The van der Waals surface area contributed by atoms with Gasteiger partial charge < -0.3 is 5.32 Å². The Bertz CT molecular complexity index is 658. The third-order valence-electron chi connectivity index (χ3n) is 1.99. The molecule has 17 heavy (non-hydrogen) atoms. The van der Waals surface area contributed by atoms with E-state index in [0.29, 0.717) is 10.0 Å². The molecule has 0 atom stereocenters. The van der Waals surface area contributed by atoms with Gasteiger partial charge in [-0.05, 0) is 52.3 Å². The summed E-state index contributed by atoms with van der Waals surface area (Å²) in [5.41, 5.74) is 0.448. The molecule has 0 aliphatic rings. The second-order valence-electron chi connectivity index (χ2n) is 3.10. The predicted octanol–water partition coefficient (Wildman–Crippen LogP) is 3.31. The molecule has 0 radical (unpaired) electrons. The number of hydrogen-bond acceptors (Lipinski definition) is 4. The fourth-order valence-corrected chi connectivity index (χ4v) is 2.42. The molecule has 0 saturated heterocycles. The van der Waals surface area contributed by atoms with Crippen LogP contribution >= 0.6 is 45.7 Å². The molecule has 4 nitrogen and oxygen atoms in total. The van der Waals surface area contributed by atoms with E-state index in [4.69, 9.17) is 16.9 Å². The molecule has 0 fully saturated rings. The van der Waals surface area contributed by atoms with Gasteiger partial charge in [0.05, 0.1) is 5.02 Å². The van der Waals surface area contributed by atoms with Crippen molar-refractivity contribution in [3.63, 3.8) is 0 Å². The fourth-order valence-electron chi connectivity index (χ4n) is 1.20. The summed E-state index contributed by atoms with van der Waals surface area (Å²) in [6, 6.07) is 7.29. The van der Waals surface area contributed by atoms with Crippen molar-refractivity contribution in [3.05, 3.63) is 42.7 Å². The molecule has 1 aromatic heterocycles. The first kappa shape index (κ1) is 12.4. The zero-order chi connectivity index (χ0) is 12.4. The molecule has 1 aromatic carbocycles. The first-order valence-corrected chi connectivity index (χ1v) is 6.73. The molecule has 2 rings (SSSR count). The van der Waals surface area contributed by atoms with Crippen LogP contribution in [0.4, 0.5) is 10.7 Å². The Morgan fingerprint density at radius 1 is 1.53 bits per heavy atom. The number of nitrogens with zero attached hydrogens (tertiary/aromatic N) is 1. The maximum Gasteiger partial charge on any atom is 0.278 e. The Balaban J connectivity index is 2.35. The maximum atomic E-state index is 11.2. The molecule has 0 aliphatic carbocycles. The van der Waals surface area contributed by atoms with Crippen molar-refractivity contribution in [2.24, 2.45) is 0 Å². The molecule has 1 heterocycles. The topological polar surface area (TPSA) is 68.7 Å². The zero-order valence-corrected chi connectivity index (χ0v) is 12.0. The van der Waals surface area contributed by atoms with E-state index < -0.39 is 0 Å². The Morgan fingerprint density at radius 3 is 2.94 bits per heavy atom. The maximum absolute atomic E-state index is 11.2. The summed E-state index contributed by atoms with van der Waals surface area (Å²) in [7, 11) is 0. The molecular weight excluding hydrogens is 373 g/mol. The summed E-state index contributed by atoms with van der Waals surface area (Å²) in [6.07, 6.45) is 0. The number of halogens is 2. The van der Waals surface area contributed by atoms with E-state index >= 15 is 0 Å². The molecule has 0 saturated carbocycles. The van der Waals surface area contributed by atoms with Crippen LogP contribution in [-0.2, 0) is 0 Å². The average molecular weight is 378 g/mol. The van der Waals surface area contributed by atoms with Crippen molar-refractivity contribution in [2.45, 2.75) is 0 Å². The van der Waals surface area contributed by atoms with Gasteiger partial charge in [-0.1, -0.05) is 11.6 Å². The number of nitrogens with one attached hydrogen (secondary N) is 2. The molecule has 0 aliphatic heterocycles. The van der Waals surface area contributed by atoms with Gasteiger partial charge in [0.15, 0.2) is 5.56 Å². The highest BCUT2D eigenvalue weighted by Crippen LogP contribution is 2.26. The van der Waals surface area contributed by atoms with Gasteiger partial charge >= 0.3 is 0 Å². The van der Waals surface area contributed by atoms with Crippen molar-refractivity contribution in [2.75, 3.05) is 5.32 Å². The SMILES string of the molecule is N#Cc1c(Nc2ccc(I)c(Cl)c2)s[nH]c1=O. The Hall–Kier alpha value is -1.04. The third-order valence-corrected chi connectivity index (χ3v) is 4.36. The summed E-state index contributed by atoms with van der Waals surface area (Å²) in [4.78, 5) is 11.2. The number of H-pyrrole nitrogens is 1. The van der Waals surface area contributed by atoms with Gasteiger partial charge in [0, 0.05) is 9.26 Å². The van der Waals surface area contributed by atoms with Gasteiger partial charge in [-0.15, -0.1) is 0 Å². The van der Waals surface area contributed by atoms with Crippen LogP contribution in [0.3, 0.4) is 0 Å². The van der Waals surface area contributed by atoms with Crippen LogP contribution in [0.15, 0.2) is 23.0 Å². The first-order valence-electron chi connectivity index (χ1n) is 4.45.